The highest BCUT2D eigenvalue weighted by molar-refractivity contribution is 5.95. The summed E-state index contributed by atoms with van der Waals surface area (Å²) in [4.78, 5) is 26.5. The Morgan fingerprint density at radius 2 is 1.92 bits per heavy atom. The molecular weight excluding hydrogens is 310 g/mol. The number of esters is 1. The van der Waals surface area contributed by atoms with E-state index in [-0.39, 0.29) is 18.3 Å². The van der Waals surface area contributed by atoms with Gasteiger partial charge in [-0.25, -0.2) is 4.79 Å². The Bertz CT molecular complexity index is 751. The highest BCUT2D eigenvalue weighted by Gasteiger charge is 2.36. The Morgan fingerprint density at radius 1 is 1.17 bits per heavy atom. The number of fused-ring (bicyclic) bond motifs is 1. The van der Waals surface area contributed by atoms with Crippen LogP contribution in [0.15, 0.2) is 40.8 Å². The zero-order valence-electron chi connectivity index (χ0n) is 13.7. The first-order valence-electron chi connectivity index (χ1n) is 7.67. The van der Waals surface area contributed by atoms with Crippen LogP contribution in [-0.4, -0.2) is 37.0 Å². The summed E-state index contributed by atoms with van der Waals surface area (Å²) < 4.78 is 15.4. The van der Waals surface area contributed by atoms with E-state index in [0.717, 1.165) is 11.1 Å². The molecule has 2 aromatic rings. The number of nitrogens with zero attached hydrogens (tertiary/aromatic N) is 1. The third-order valence-corrected chi connectivity index (χ3v) is 4.14. The zero-order chi connectivity index (χ0) is 17.1. The summed E-state index contributed by atoms with van der Waals surface area (Å²) in [5.74, 6) is -0.00741. The second kappa shape index (κ2) is 6.88. The van der Waals surface area contributed by atoms with Gasteiger partial charge in [0.25, 0.3) is 5.91 Å². The molecule has 6 heteroatoms. The van der Waals surface area contributed by atoms with Crippen molar-refractivity contribution in [2.24, 2.45) is 0 Å². The zero-order valence-corrected chi connectivity index (χ0v) is 13.7. The number of methoxy groups -OCH3 is 2. The second-order valence-electron chi connectivity index (χ2n) is 5.64. The van der Waals surface area contributed by atoms with Gasteiger partial charge in [-0.1, -0.05) is 24.3 Å². The lowest BCUT2D eigenvalue weighted by molar-refractivity contribution is -0.146. The standard InChI is InChI=1S/C18H19NO5/c1-22-11-14-7-8-16(24-14)17(20)19-10-13-6-4-3-5-12(13)9-15(19)18(21)23-2/h3-8,15H,9-11H2,1-2H3. The van der Waals surface area contributed by atoms with Crippen molar-refractivity contribution in [3.05, 3.63) is 59.0 Å². The Kier molecular flexibility index (Phi) is 4.66. The molecule has 3 rings (SSSR count). The number of amides is 1. The Labute approximate surface area is 140 Å². The molecule has 0 spiro atoms. The molecule has 6 nitrogen and oxygen atoms in total. The molecular formula is C18H19NO5. The first-order chi connectivity index (χ1) is 11.6. The minimum Gasteiger partial charge on any atom is -0.467 e. The van der Waals surface area contributed by atoms with Crippen LogP contribution in [0, 0.1) is 0 Å². The molecule has 0 aliphatic carbocycles. The van der Waals surface area contributed by atoms with Gasteiger partial charge in [0.1, 0.15) is 18.4 Å². The summed E-state index contributed by atoms with van der Waals surface area (Å²) in [5, 5.41) is 0. The SMILES string of the molecule is COCc1ccc(C(=O)N2Cc3ccccc3CC2C(=O)OC)o1. The van der Waals surface area contributed by atoms with Crippen molar-refractivity contribution in [1.29, 1.82) is 0 Å². The number of hydrogen-bond donors (Lipinski definition) is 0. The lowest BCUT2D eigenvalue weighted by Gasteiger charge is -2.34. The summed E-state index contributed by atoms with van der Waals surface area (Å²) in [5.41, 5.74) is 2.08. The smallest absolute Gasteiger partial charge is 0.328 e. The van der Waals surface area contributed by atoms with Crippen LogP contribution < -0.4 is 0 Å². The number of ether oxygens (including phenoxy) is 2. The number of rotatable bonds is 4. The van der Waals surface area contributed by atoms with Crippen LogP contribution >= 0.6 is 0 Å². The molecule has 2 heterocycles. The van der Waals surface area contributed by atoms with E-state index < -0.39 is 12.0 Å². The largest absolute Gasteiger partial charge is 0.467 e. The number of furan rings is 1. The fraction of sp³-hybridized carbons (Fsp3) is 0.333. The predicted molar refractivity (Wildman–Crippen MR) is 85.2 cm³/mol. The molecule has 0 saturated carbocycles. The average molecular weight is 329 g/mol. The molecule has 0 N–H and O–H groups in total. The van der Waals surface area contributed by atoms with Crippen LogP contribution in [0.3, 0.4) is 0 Å². The predicted octanol–water partition coefficient (Wildman–Crippen LogP) is 2.17. The summed E-state index contributed by atoms with van der Waals surface area (Å²) in [6.45, 7) is 0.631. The van der Waals surface area contributed by atoms with Gasteiger partial charge in [-0.05, 0) is 23.3 Å². The van der Waals surface area contributed by atoms with Gasteiger partial charge in [0.15, 0.2) is 5.76 Å². The lowest BCUT2D eigenvalue weighted by Crippen LogP contribution is -2.49. The highest BCUT2D eigenvalue weighted by atomic mass is 16.5. The molecule has 0 saturated heterocycles. The quantitative estimate of drug-likeness (QED) is 0.804. The van der Waals surface area contributed by atoms with Crippen molar-refractivity contribution in [1.82, 2.24) is 4.90 Å². The molecule has 1 atom stereocenters. The van der Waals surface area contributed by atoms with Crippen molar-refractivity contribution in [2.75, 3.05) is 14.2 Å². The summed E-state index contributed by atoms with van der Waals surface area (Å²) in [6, 6.07) is 10.4. The third-order valence-electron chi connectivity index (χ3n) is 4.14. The summed E-state index contributed by atoms with van der Waals surface area (Å²) >= 11 is 0. The first kappa shape index (κ1) is 16.3. The maximum absolute atomic E-state index is 12.8. The Morgan fingerprint density at radius 3 is 2.62 bits per heavy atom. The van der Waals surface area contributed by atoms with Gasteiger partial charge in [0.05, 0.1) is 7.11 Å². The van der Waals surface area contributed by atoms with Crippen molar-refractivity contribution >= 4 is 11.9 Å². The highest BCUT2D eigenvalue weighted by Crippen LogP contribution is 2.26. The number of carbonyl (C=O) groups is 2. The van der Waals surface area contributed by atoms with Gasteiger partial charge >= 0.3 is 5.97 Å². The molecule has 24 heavy (non-hydrogen) atoms. The minimum atomic E-state index is -0.659. The molecule has 1 aromatic heterocycles. The maximum atomic E-state index is 12.8. The van der Waals surface area contributed by atoms with E-state index in [1.54, 1.807) is 19.2 Å². The van der Waals surface area contributed by atoms with Crippen LogP contribution in [0.2, 0.25) is 0 Å². The van der Waals surface area contributed by atoms with Crippen LogP contribution in [0.1, 0.15) is 27.4 Å². The molecule has 0 fully saturated rings. The maximum Gasteiger partial charge on any atom is 0.328 e. The molecule has 0 radical (unpaired) electrons. The van der Waals surface area contributed by atoms with E-state index in [0.29, 0.717) is 18.7 Å². The van der Waals surface area contributed by atoms with Gasteiger partial charge in [-0.3, -0.25) is 4.79 Å². The van der Waals surface area contributed by atoms with Gasteiger partial charge in [0, 0.05) is 20.1 Å². The molecule has 1 amide bonds. The third kappa shape index (κ3) is 3.05. The van der Waals surface area contributed by atoms with Crippen LogP contribution in [0.4, 0.5) is 0 Å². The topological polar surface area (TPSA) is 69.0 Å². The summed E-state index contributed by atoms with van der Waals surface area (Å²) in [7, 11) is 2.88. The fourth-order valence-corrected chi connectivity index (χ4v) is 2.94. The molecule has 1 aliphatic heterocycles. The van der Waals surface area contributed by atoms with Crippen molar-refractivity contribution in [2.45, 2.75) is 25.6 Å². The number of hydrogen-bond acceptors (Lipinski definition) is 5. The van der Waals surface area contributed by atoms with Crippen molar-refractivity contribution < 1.29 is 23.5 Å². The van der Waals surface area contributed by atoms with E-state index in [1.165, 1.54) is 12.0 Å². The number of benzene rings is 1. The van der Waals surface area contributed by atoms with E-state index >= 15 is 0 Å². The fourth-order valence-electron chi connectivity index (χ4n) is 2.94. The average Bonchev–Trinajstić information content (AvgIpc) is 3.08. The van der Waals surface area contributed by atoms with Gasteiger partial charge in [-0.2, -0.15) is 0 Å². The second-order valence-corrected chi connectivity index (χ2v) is 5.64. The summed E-state index contributed by atoms with van der Waals surface area (Å²) in [6.07, 6.45) is 0.431. The van der Waals surface area contributed by atoms with Crippen LogP contribution in [-0.2, 0) is 33.8 Å². The lowest BCUT2D eigenvalue weighted by atomic mass is 9.93. The van der Waals surface area contributed by atoms with Crippen LogP contribution in [0.5, 0.6) is 0 Å². The van der Waals surface area contributed by atoms with Gasteiger partial charge in [0.2, 0.25) is 0 Å². The van der Waals surface area contributed by atoms with Crippen LogP contribution in [0.25, 0.3) is 0 Å². The first-order valence-corrected chi connectivity index (χ1v) is 7.67. The van der Waals surface area contributed by atoms with Crippen molar-refractivity contribution in [3.8, 4) is 0 Å². The van der Waals surface area contributed by atoms with Crippen molar-refractivity contribution in [3.63, 3.8) is 0 Å². The van der Waals surface area contributed by atoms with Gasteiger partial charge in [-0.15, -0.1) is 0 Å². The van der Waals surface area contributed by atoms with Gasteiger partial charge < -0.3 is 18.8 Å². The Hall–Kier alpha value is -2.60. The molecule has 1 aliphatic rings. The van der Waals surface area contributed by atoms with E-state index in [2.05, 4.69) is 0 Å². The van der Waals surface area contributed by atoms with E-state index in [1.807, 2.05) is 24.3 Å². The molecule has 1 unspecified atom stereocenters. The van der Waals surface area contributed by atoms with E-state index in [9.17, 15) is 9.59 Å². The Balaban J connectivity index is 1.90. The number of carbonyl (C=O) groups excluding carboxylic acids is 2. The molecule has 126 valence electrons. The monoisotopic (exact) mass is 329 g/mol. The molecule has 1 aromatic carbocycles. The normalized spacial score (nSPS) is 16.6. The minimum absolute atomic E-state index is 0.190. The molecule has 0 bridgehead atoms. The van der Waals surface area contributed by atoms with E-state index in [4.69, 9.17) is 13.9 Å².